The molecule has 0 unspecified atom stereocenters. The molecule has 1 aliphatic heterocycles. The molecular weight excluding hydrogens is 451 g/mol. The van der Waals surface area contributed by atoms with Gasteiger partial charge in [-0.2, -0.15) is 0 Å². The van der Waals surface area contributed by atoms with Crippen molar-refractivity contribution in [1.29, 1.82) is 0 Å². The van der Waals surface area contributed by atoms with E-state index in [1.807, 2.05) is 0 Å². The van der Waals surface area contributed by atoms with Gasteiger partial charge in [0, 0.05) is 23.7 Å². The SMILES string of the molecule is CCO/C(=C\N)c1cc(F)cc(-c2cc(Cl)c([C@]3(C)CS(=O)(=O)N(C)C(N)=N3)s2)c1. The second-order valence-electron chi connectivity index (χ2n) is 6.95. The minimum atomic E-state index is -3.65. The van der Waals surface area contributed by atoms with Gasteiger partial charge in [0.05, 0.1) is 22.3 Å². The number of benzene rings is 1. The Morgan fingerprint density at radius 3 is 2.73 bits per heavy atom. The van der Waals surface area contributed by atoms with Crippen LogP contribution >= 0.6 is 22.9 Å². The summed E-state index contributed by atoms with van der Waals surface area (Å²) in [5.41, 5.74) is 11.3. The first-order valence-electron chi connectivity index (χ1n) is 8.98. The molecule has 7 nitrogen and oxygen atoms in total. The molecule has 1 aromatic heterocycles. The van der Waals surface area contributed by atoms with Crippen LogP contribution in [0.5, 0.6) is 0 Å². The van der Waals surface area contributed by atoms with Gasteiger partial charge in [-0.05, 0) is 43.7 Å². The zero-order chi connectivity index (χ0) is 22.3. The summed E-state index contributed by atoms with van der Waals surface area (Å²) < 4.78 is 45.7. The van der Waals surface area contributed by atoms with E-state index in [1.54, 1.807) is 26.0 Å². The molecule has 4 N–H and O–H groups in total. The standard InChI is InChI=1S/C19H22ClFN4O3S2/c1-4-28-15(9-22)11-5-12(7-13(21)6-11)16-8-14(20)17(29-16)19(2)10-30(26,27)25(3)18(23)24-19/h5-9H,4,10,22H2,1-3H3,(H2,23,24)/b15-9-/t19-/m0/s1. The van der Waals surface area contributed by atoms with Crippen LogP contribution in [0.1, 0.15) is 24.3 Å². The molecule has 0 saturated carbocycles. The Labute approximate surface area is 183 Å². The molecule has 0 spiro atoms. The van der Waals surface area contributed by atoms with Crippen molar-refractivity contribution >= 4 is 44.7 Å². The number of rotatable bonds is 5. The molecule has 2 heterocycles. The number of halogens is 2. The second-order valence-corrected chi connectivity index (χ2v) is 10.4. The lowest BCUT2D eigenvalue weighted by Gasteiger charge is -2.33. The second kappa shape index (κ2) is 8.09. The molecular formula is C19H22ClFN4O3S2. The van der Waals surface area contributed by atoms with Crippen molar-refractivity contribution in [2.24, 2.45) is 16.5 Å². The van der Waals surface area contributed by atoms with Crippen molar-refractivity contribution in [3.8, 4) is 10.4 Å². The van der Waals surface area contributed by atoms with Gasteiger partial charge < -0.3 is 16.2 Å². The molecule has 30 heavy (non-hydrogen) atoms. The Balaban J connectivity index is 2.09. The van der Waals surface area contributed by atoms with Crippen molar-refractivity contribution in [2.45, 2.75) is 19.4 Å². The zero-order valence-electron chi connectivity index (χ0n) is 16.6. The van der Waals surface area contributed by atoms with E-state index in [1.165, 1.54) is 36.7 Å². The van der Waals surface area contributed by atoms with Crippen LogP contribution in [0.4, 0.5) is 4.39 Å². The third-order valence-corrected chi connectivity index (χ3v) is 8.45. The molecule has 0 saturated heterocycles. The van der Waals surface area contributed by atoms with Gasteiger partial charge in [0.1, 0.15) is 17.1 Å². The maximum Gasteiger partial charge on any atom is 0.239 e. The summed E-state index contributed by atoms with van der Waals surface area (Å²) in [5.74, 6) is -0.512. The number of nitrogens with zero attached hydrogens (tertiary/aromatic N) is 2. The largest absolute Gasteiger partial charge is 0.492 e. The molecule has 2 aromatic rings. The van der Waals surface area contributed by atoms with Crippen LogP contribution in [0.25, 0.3) is 16.2 Å². The highest BCUT2D eigenvalue weighted by atomic mass is 35.5. The van der Waals surface area contributed by atoms with Gasteiger partial charge in [0.25, 0.3) is 0 Å². The molecule has 0 radical (unpaired) electrons. The predicted octanol–water partition coefficient (Wildman–Crippen LogP) is 3.31. The van der Waals surface area contributed by atoms with Gasteiger partial charge in [0.15, 0.2) is 0 Å². The highest BCUT2D eigenvalue weighted by molar-refractivity contribution is 7.89. The number of thiophene rings is 1. The van der Waals surface area contributed by atoms with E-state index in [2.05, 4.69) is 4.99 Å². The van der Waals surface area contributed by atoms with Crippen molar-refractivity contribution in [3.63, 3.8) is 0 Å². The maximum absolute atomic E-state index is 14.3. The molecule has 1 atom stereocenters. The van der Waals surface area contributed by atoms with Gasteiger partial charge in [-0.1, -0.05) is 11.6 Å². The third kappa shape index (κ3) is 4.12. The first-order valence-corrected chi connectivity index (χ1v) is 11.8. The summed E-state index contributed by atoms with van der Waals surface area (Å²) in [7, 11) is -2.29. The van der Waals surface area contributed by atoms with E-state index < -0.39 is 21.4 Å². The smallest absolute Gasteiger partial charge is 0.239 e. The van der Waals surface area contributed by atoms with E-state index in [0.29, 0.717) is 38.3 Å². The summed E-state index contributed by atoms with van der Waals surface area (Å²) in [6.45, 7) is 3.84. The number of guanidine groups is 1. The number of hydrogen-bond acceptors (Lipinski definition) is 7. The number of sulfonamides is 1. The summed E-state index contributed by atoms with van der Waals surface area (Å²) in [4.78, 5) is 5.56. The fourth-order valence-electron chi connectivity index (χ4n) is 3.20. The van der Waals surface area contributed by atoms with E-state index in [9.17, 15) is 12.8 Å². The Kier molecular flexibility index (Phi) is 6.03. The fourth-order valence-corrected chi connectivity index (χ4v) is 6.35. The van der Waals surface area contributed by atoms with Crippen LogP contribution in [-0.4, -0.2) is 38.1 Å². The fraction of sp³-hybridized carbons (Fsp3) is 0.316. The van der Waals surface area contributed by atoms with Gasteiger partial charge in [0.2, 0.25) is 16.0 Å². The van der Waals surface area contributed by atoms with Crippen LogP contribution < -0.4 is 11.5 Å². The van der Waals surface area contributed by atoms with E-state index in [4.69, 9.17) is 27.8 Å². The number of aliphatic imine (C=N–C) groups is 1. The Bertz CT molecular complexity index is 1150. The molecule has 3 rings (SSSR count). The Morgan fingerprint density at radius 1 is 1.43 bits per heavy atom. The topological polar surface area (TPSA) is 111 Å². The highest BCUT2D eigenvalue weighted by Crippen LogP contribution is 2.44. The number of nitrogens with two attached hydrogens (primary N) is 2. The Morgan fingerprint density at radius 2 is 2.13 bits per heavy atom. The summed E-state index contributed by atoms with van der Waals surface area (Å²) in [6, 6.07) is 6.08. The number of ether oxygens (including phenoxy) is 1. The van der Waals surface area contributed by atoms with Gasteiger partial charge in [-0.25, -0.2) is 22.1 Å². The van der Waals surface area contributed by atoms with E-state index in [-0.39, 0.29) is 11.7 Å². The minimum absolute atomic E-state index is 0.114. The van der Waals surface area contributed by atoms with Gasteiger partial charge in [-0.3, -0.25) is 0 Å². The molecule has 0 aliphatic carbocycles. The molecule has 0 bridgehead atoms. The third-order valence-electron chi connectivity index (χ3n) is 4.66. The van der Waals surface area contributed by atoms with Crippen molar-refractivity contribution in [1.82, 2.24) is 4.31 Å². The molecule has 1 aliphatic rings. The zero-order valence-corrected chi connectivity index (χ0v) is 19.0. The average Bonchev–Trinajstić information content (AvgIpc) is 3.06. The molecule has 162 valence electrons. The lowest BCUT2D eigenvalue weighted by atomic mass is 10.0. The first kappa shape index (κ1) is 22.4. The van der Waals surface area contributed by atoms with Gasteiger partial charge in [-0.15, -0.1) is 11.3 Å². The molecule has 1 aromatic carbocycles. The van der Waals surface area contributed by atoms with Crippen molar-refractivity contribution in [3.05, 3.63) is 51.7 Å². The normalized spacial score (nSPS) is 21.4. The quantitative estimate of drug-likeness (QED) is 0.648. The lowest BCUT2D eigenvalue weighted by Crippen LogP contribution is -2.50. The van der Waals surface area contributed by atoms with Crippen LogP contribution in [0.2, 0.25) is 5.02 Å². The van der Waals surface area contributed by atoms with E-state index >= 15 is 0 Å². The maximum atomic E-state index is 14.3. The average molecular weight is 473 g/mol. The molecule has 0 amide bonds. The minimum Gasteiger partial charge on any atom is -0.492 e. The molecule has 0 fully saturated rings. The van der Waals surface area contributed by atoms with Gasteiger partial charge >= 0.3 is 0 Å². The summed E-state index contributed by atoms with van der Waals surface area (Å²) in [5, 5.41) is 0.332. The van der Waals surface area contributed by atoms with Crippen LogP contribution in [-0.2, 0) is 20.3 Å². The summed E-state index contributed by atoms with van der Waals surface area (Å²) in [6.07, 6.45) is 1.27. The predicted molar refractivity (Wildman–Crippen MR) is 119 cm³/mol. The highest BCUT2D eigenvalue weighted by Gasteiger charge is 2.42. The lowest BCUT2D eigenvalue weighted by molar-refractivity contribution is 0.297. The Hall–Kier alpha value is -2.30. The summed E-state index contributed by atoms with van der Waals surface area (Å²) >= 11 is 7.69. The van der Waals surface area contributed by atoms with Crippen LogP contribution in [0.15, 0.2) is 35.5 Å². The molecule has 11 heteroatoms. The number of hydrogen-bond donors (Lipinski definition) is 2. The van der Waals surface area contributed by atoms with Crippen molar-refractivity contribution in [2.75, 3.05) is 19.4 Å². The van der Waals surface area contributed by atoms with Crippen LogP contribution in [0.3, 0.4) is 0 Å². The van der Waals surface area contributed by atoms with Crippen molar-refractivity contribution < 1.29 is 17.5 Å². The van der Waals surface area contributed by atoms with E-state index in [0.717, 1.165) is 4.31 Å². The van der Waals surface area contributed by atoms with Crippen LogP contribution in [0, 0.1) is 5.82 Å². The first-order chi connectivity index (χ1) is 14.0. The monoisotopic (exact) mass is 472 g/mol.